The van der Waals surface area contributed by atoms with E-state index < -0.39 is 11.6 Å². The SMILES string of the molecule is NC(=S)c1ccc(N2CCN(CC3CC3)CC2)c(F)c1F. The summed E-state index contributed by atoms with van der Waals surface area (Å²) in [6.45, 7) is 4.37. The van der Waals surface area contributed by atoms with Gasteiger partial charge in [-0.05, 0) is 30.9 Å². The van der Waals surface area contributed by atoms with Gasteiger partial charge in [0.05, 0.1) is 5.69 Å². The Hall–Kier alpha value is -1.27. The standard InChI is InChI=1S/C15H19F2N3S/c16-13-11(15(18)21)3-4-12(14(13)17)20-7-5-19(6-8-20)9-10-1-2-10/h3-4,10H,1-2,5-9H2,(H2,18,21). The fraction of sp³-hybridized carbons (Fsp3) is 0.533. The number of hydrogen-bond donors (Lipinski definition) is 1. The molecule has 0 atom stereocenters. The van der Waals surface area contributed by atoms with Crippen molar-refractivity contribution < 1.29 is 8.78 Å². The van der Waals surface area contributed by atoms with E-state index >= 15 is 0 Å². The summed E-state index contributed by atoms with van der Waals surface area (Å²) in [7, 11) is 0. The predicted octanol–water partition coefficient (Wildman–Crippen LogP) is 2.13. The molecule has 2 N–H and O–H groups in total. The predicted molar refractivity (Wildman–Crippen MR) is 83.6 cm³/mol. The van der Waals surface area contributed by atoms with E-state index in [2.05, 4.69) is 4.90 Å². The van der Waals surface area contributed by atoms with Gasteiger partial charge in [-0.3, -0.25) is 4.90 Å². The van der Waals surface area contributed by atoms with Crippen molar-refractivity contribution in [2.24, 2.45) is 11.7 Å². The zero-order chi connectivity index (χ0) is 15.0. The minimum Gasteiger partial charge on any atom is -0.389 e. The molecule has 21 heavy (non-hydrogen) atoms. The highest BCUT2D eigenvalue weighted by Crippen LogP contribution is 2.30. The Balaban J connectivity index is 1.70. The topological polar surface area (TPSA) is 32.5 Å². The first-order chi connectivity index (χ1) is 10.1. The molecule has 1 aliphatic carbocycles. The molecule has 1 aliphatic heterocycles. The molecule has 0 bridgehead atoms. The summed E-state index contributed by atoms with van der Waals surface area (Å²) in [6.07, 6.45) is 2.67. The van der Waals surface area contributed by atoms with E-state index in [0.717, 1.165) is 38.6 Å². The second-order valence-corrected chi connectivity index (χ2v) is 6.30. The van der Waals surface area contributed by atoms with Crippen molar-refractivity contribution in [1.82, 2.24) is 4.90 Å². The average molecular weight is 311 g/mol. The maximum atomic E-state index is 14.2. The molecule has 0 spiro atoms. The number of benzene rings is 1. The molecule has 0 aromatic heterocycles. The van der Waals surface area contributed by atoms with Crippen LogP contribution in [0.3, 0.4) is 0 Å². The molecule has 2 fully saturated rings. The minimum atomic E-state index is -0.944. The maximum Gasteiger partial charge on any atom is 0.182 e. The molecule has 1 saturated heterocycles. The van der Waals surface area contributed by atoms with Crippen LogP contribution in [0.15, 0.2) is 12.1 Å². The Labute approximate surface area is 128 Å². The first-order valence-corrected chi connectivity index (χ1v) is 7.72. The average Bonchev–Trinajstić information content (AvgIpc) is 3.26. The largest absolute Gasteiger partial charge is 0.389 e. The van der Waals surface area contributed by atoms with Crippen LogP contribution in [0.2, 0.25) is 0 Å². The lowest BCUT2D eigenvalue weighted by Gasteiger charge is -2.36. The molecule has 0 unspecified atom stereocenters. The van der Waals surface area contributed by atoms with Crippen LogP contribution in [0.4, 0.5) is 14.5 Å². The highest BCUT2D eigenvalue weighted by Gasteiger charge is 2.27. The molecule has 114 valence electrons. The number of rotatable bonds is 4. The van der Waals surface area contributed by atoms with Gasteiger partial charge in [0.1, 0.15) is 4.99 Å². The van der Waals surface area contributed by atoms with Gasteiger partial charge in [-0.1, -0.05) is 12.2 Å². The number of hydrogen-bond acceptors (Lipinski definition) is 3. The van der Waals surface area contributed by atoms with Gasteiger partial charge in [-0.15, -0.1) is 0 Å². The minimum absolute atomic E-state index is 0.0291. The lowest BCUT2D eigenvalue weighted by molar-refractivity contribution is 0.247. The molecule has 3 rings (SSSR count). The zero-order valence-electron chi connectivity index (χ0n) is 11.8. The van der Waals surface area contributed by atoms with Gasteiger partial charge in [-0.2, -0.15) is 0 Å². The molecular weight excluding hydrogens is 292 g/mol. The smallest absolute Gasteiger partial charge is 0.182 e. The summed E-state index contributed by atoms with van der Waals surface area (Å²) in [5.74, 6) is -0.938. The monoisotopic (exact) mass is 311 g/mol. The fourth-order valence-electron chi connectivity index (χ4n) is 2.81. The normalized spacial score (nSPS) is 19.8. The number of thiocarbonyl (C=S) groups is 1. The maximum absolute atomic E-state index is 14.2. The van der Waals surface area contributed by atoms with Crippen LogP contribution >= 0.6 is 12.2 Å². The molecule has 1 aromatic carbocycles. The molecule has 1 aromatic rings. The molecule has 0 radical (unpaired) electrons. The summed E-state index contributed by atoms with van der Waals surface area (Å²) in [5.41, 5.74) is 5.66. The molecule has 1 heterocycles. The number of nitrogens with zero attached hydrogens (tertiary/aromatic N) is 2. The summed E-state index contributed by atoms with van der Waals surface area (Å²) in [6, 6.07) is 3.04. The summed E-state index contributed by atoms with van der Waals surface area (Å²) < 4.78 is 28.1. The van der Waals surface area contributed by atoms with Gasteiger partial charge in [0, 0.05) is 38.3 Å². The van der Waals surface area contributed by atoms with E-state index in [1.54, 1.807) is 6.07 Å². The molecule has 6 heteroatoms. The molecule has 1 saturated carbocycles. The van der Waals surface area contributed by atoms with E-state index in [9.17, 15) is 8.78 Å². The second-order valence-electron chi connectivity index (χ2n) is 5.86. The zero-order valence-corrected chi connectivity index (χ0v) is 12.6. The Morgan fingerprint density at radius 2 is 1.81 bits per heavy atom. The van der Waals surface area contributed by atoms with Crippen LogP contribution in [0.5, 0.6) is 0 Å². The van der Waals surface area contributed by atoms with Crippen molar-refractivity contribution in [3.63, 3.8) is 0 Å². The number of anilines is 1. The molecule has 2 aliphatic rings. The van der Waals surface area contributed by atoms with Gasteiger partial charge in [0.15, 0.2) is 11.6 Å². The Morgan fingerprint density at radius 3 is 2.38 bits per heavy atom. The molecular formula is C15H19F2N3S. The van der Waals surface area contributed by atoms with Crippen LogP contribution < -0.4 is 10.6 Å². The van der Waals surface area contributed by atoms with Crippen molar-refractivity contribution >= 4 is 22.9 Å². The third-order valence-electron chi connectivity index (χ3n) is 4.25. The van der Waals surface area contributed by atoms with Gasteiger partial charge >= 0.3 is 0 Å². The first kappa shape index (κ1) is 14.7. The van der Waals surface area contributed by atoms with Gasteiger partial charge in [-0.25, -0.2) is 8.78 Å². The summed E-state index contributed by atoms with van der Waals surface area (Å²) in [5, 5.41) is 0. The summed E-state index contributed by atoms with van der Waals surface area (Å²) >= 11 is 4.72. The second kappa shape index (κ2) is 5.85. The number of halogens is 2. The summed E-state index contributed by atoms with van der Waals surface area (Å²) in [4.78, 5) is 4.18. The Bertz CT molecular complexity index is 552. The van der Waals surface area contributed by atoms with Crippen LogP contribution in [0, 0.1) is 17.6 Å². The Kier molecular flexibility index (Phi) is 4.08. The van der Waals surface area contributed by atoms with Crippen LogP contribution in [0.1, 0.15) is 18.4 Å². The third kappa shape index (κ3) is 3.16. The van der Waals surface area contributed by atoms with E-state index in [1.807, 2.05) is 4.90 Å². The van der Waals surface area contributed by atoms with Gasteiger partial charge < -0.3 is 10.6 Å². The Morgan fingerprint density at radius 1 is 1.14 bits per heavy atom. The van der Waals surface area contributed by atoms with Gasteiger partial charge in [0.2, 0.25) is 0 Å². The molecule has 3 nitrogen and oxygen atoms in total. The van der Waals surface area contributed by atoms with Crippen LogP contribution in [-0.4, -0.2) is 42.6 Å². The fourth-order valence-corrected chi connectivity index (χ4v) is 2.97. The van der Waals surface area contributed by atoms with E-state index in [1.165, 1.54) is 18.9 Å². The third-order valence-corrected chi connectivity index (χ3v) is 4.47. The number of nitrogens with two attached hydrogens (primary N) is 1. The van der Waals surface area contributed by atoms with Crippen LogP contribution in [0.25, 0.3) is 0 Å². The highest BCUT2D eigenvalue weighted by molar-refractivity contribution is 7.80. The quantitative estimate of drug-likeness (QED) is 0.864. The van der Waals surface area contributed by atoms with Crippen molar-refractivity contribution in [3.8, 4) is 0 Å². The van der Waals surface area contributed by atoms with E-state index in [0.29, 0.717) is 5.69 Å². The van der Waals surface area contributed by atoms with Crippen molar-refractivity contribution in [3.05, 3.63) is 29.3 Å². The van der Waals surface area contributed by atoms with Crippen molar-refractivity contribution in [2.75, 3.05) is 37.6 Å². The molecule has 0 amide bonds. The van der Waals surface area contributed by atoms with E-state index in [-0.39, 0.29) is 10.6 Å². The van der Waals surface area contributed by atoms with E-state index in [4.69, 9.17) is 18.0 Å². The lowest BCUT2D eigenvalue weighted by Crippen LogP contribution is -2.47. The van der Waals surface area contributed by atoms with Crippen LogP contribution in [-0.2, 0) is 0 Å². The lowest BCUT2D eigenvalue weighted by atomic mass is 10.1. The number of piperazine rings is 1. The first-order valence-electron chi connectivity index (χ1n) is 7.31. The van der Waals surface area contributed by atoms with Gasteiger partial charge in [0.25, 0.3) is 0 Å². The van der Waals surface area contributed by atoms with Crippen molar-refractivity contribution in [1.29, 1.82) is 0 Å². The highest BCUT2D eigenvalue weighted by atomic mass is 32.1. The van der Waals surface area contributed by atoms with Crippen molar-refractivity contribution in [2.45, 2.75) is 12.8 Å².